The van der Waals surface area contributed by atoms with E-state index in [9.17, 15) is 9.90 Å². The Morgan fingerprint density at radius 1 is 0.824 bits per heavy atom. The van der Waals surface area contributed by atoms with Crippen LogP contribution in [0.25, 0.3) is 55.4 Å². The molecule has 0 aliphatic heterocycles. The van der Waals surface area contributed by atoms with Gasteiger partial charge in [-0.25, -0.2) is 4.98 Å². The molecule has 0 amide bonds. The molecule has 3 aromatic carbocycles. The van der Waals surface area contributed by atoms with Crippen molar-refractivity contribution < 1.29 is 38.8 Å². The normalized spacial score (nSPS) is 12.5. The summed E-state index contributed by atoms with van der Waals surface area (Å²) >= 11 is 0. The van der Waals surface area contributed by atoms with Crippen molar-refractivity contribution in [2.75, 3.05) is 0 Å². The van der Waals surface area contributed by atoms with Crippen LogP contribution in [0.1, 0.15) is 99.3 Å². The van der Waals surface area contributed by atoms with Crippen LogP contribution in [0.4, 0.5) is 0 Å². The summed E-state index contributed by atoms with van der Waals surface area (Å²) in [7, 11) is 0. The Kier molecular flexibility index (Phi) is 12.2. The second-order valence-electron chi connectivity index (χ2n) is 14.9. The summed E-state index contributed by atoms with van der Waals surface area (Å²) in [6, 6.07) is 24.2. The van der Waals surface area contributed by atoms with Gasteiger partial charge >= 0.3 is 0 Å². The van der Waals surface area contributed by atoms with Gasteiger partial charge in [-0.1, -0.05) is 104 Å². The van der Waals surface area contributed by atoms with Crippen LogP contribution in [0.15, 0.2) is 87.7 Å². The number of aryl methyl sites for hydroxylation is 1. The number of aliphatic hydroxyl groups is 1. The molecule has 0 saturated carbocycles. The summed E-state index contributed by atoms with van der Waals surface area (Å²) in [5.41, 5.74) is 5.39. The van der Waals surface area contributed by atoms with E-state index in [1.54, 1.807) is 6.33 Å². The molecule has 0 unspecified atom stereocenters. The summed E-state index contributed by atoms with van der Waals surface area (Å²) < 4.78 is 12.4. The Balaban J connectivity index is 0.000000279. The van der Waals surface area contributed by atoms with Crippen LogP contribution in [-0.2, 0) is 30.3 Å². The van der Waals surface area contributed by atoms with Gasteiger partial charge in [0.1, 0.15) is 40.3 Å². The predicted molar refractivity (Wildman–Crippen MR) is 205 cm³/mol. The van der Waals surface area contributed by atoms with Crippen molar-refractivity contribution in [3.8, 4) is 22.6 Å². The van der Waals surface area contributed by atoms with Gasteiger partial charge in [0.05, 0.1) is 11.3 Å². The third kappa shape index (κ3) is 8.05. The molecule has 6 nitrogen and oxygen atoms in total. The third-order valence-electron chi connectivity index (χ3n) is 10.7. The maximum atomic E-state index is 12.2. The summed E-state index contributed by atoms with van der Waals surface area (Å²) in [5.74, 6) is 1.87. The van der Waals surface area contributed by atoms with Gasteiger partial charge in [0, 0.05) is 48.5 Å². The van der Waals surface area contributed by atoms with Crippen molar-refractivity contribution in [1.29, 1.82) is 0 Å². The number of hydrogen-bond donors (Lipinski definition) is 1. The molecule has 1 radical (unpaired) electrons. The van der Waals surface area contributed by atoms with E-state index in [1.807, 2.05) is 84.9 Å². The number of furan rings is 2. The molecule has 271 valence electrons. The number of para-hydroxylation sites is 1. The van der Waals surface area contributed by atoms with Crippen molar-refractivity contribution in [2.24, 2.45) is 10.8 Å². The first kappa shape index (κ1) is 39.7. The number of allylic oxidation sites excluding steroid dienone is 2. The van der Waals surface area contributed by atoms with Gasteiger partial charge in [-0.2, -0.15) is 0 Å². The zero-order valence-corrected chi connectivity index (χ0v) is 34.1. The molecule has 7 heteroatoms. The number of carbonyl (C=O) groups excluding carboxylic acids is 1. The fraction of sp³-hybridized carbons (Fsp3) is 0.386. The molecule has 0 bridgehead atoms. The van der Waals surface area contributed by atoms with Gasteiger partial charge < -0.3 is 13.9 Å². The molecular weight excluding hydrogens is 813 g/mol. The largest absolute Gasteiger partial charge is 0.512 e. The molecular formula is C44H51IrN2O4-. The average Bonchev–Trinajstić information content (AvgIpc) is 3.73. The van der Waals surface area contributed by atoms with Crippen molar-refractivity contribution in [3.63, 3.8) is 0 Å². The van der Waals surface area contributed by atoms with Gasteiger partial charge in [-0.15, -0.1) is 29.1 Å². The molecule has 0 atom stereocenters. The Morgan fingerprint density at radius 3 is 2.14 bits per heavy atom. The van der Waals surface area contributed by atoms with Gasteiger partial charge in [-0.05, 0) is 50.2 Å². The van der Waals surface area contributed by atoms with E-state index >= 15 is 0 Å². The van der Waals surface area contributed by atoms with Gasteiger partial charge in [0.15, 0.2) is 5.78 Å². The molecule has 3 heterocycles. The van der Waals surface area contributed by atoms with E-state index in [4.69, 9.17) is 8.83 Å². The van der Waals surface area contributed by atoms with Gasteiger partial charge in [0.2, 0.25) is 0 Å². The van der Waals surface area contributed by atoms with E-state index in [0.29, 0.717) is 11.3 Å². The number of benzene rings is 3. The van der Waals surface area contributed by atoms with Crippen molar-refractivity contribution >= 4 is 38.6 Å². The van der Waals surface area contributed by atoms with Crippen LogP contribution >= 0.6 is 0 Å². The Morgan fingerprint density at radius 2 is 1.49 bits per heavy atom. The monoisotopic (exact) mass is 864 g/mol. The van der Waals surface area contributed by atoms with Gasteiger partial charge in [0.25, 0.3) is 0 Å². The van der Waals surface area contributed by atoms with Crippen LogP contribution in [0, 0.1) is 23.8 Å². The molecule has 0 aliphatic carbocycles. The van der Waals surface area contributed by atoms with E-state index in [2.05, 4.69) is 61.1 Å². The fourth-order valence-corrected chi connectivity index (χ4v) is 6.23. The maximum absolute atomic E-state index is 12.2. The second kappa shape index (κ2) is 15.7. The van der Waals surface area contributed by atoms with E-state index in [-0.39, 0.29) is 47.9 Å². The first-order valence-corrected chi connectivity index (χ1v) is 17.8. The molecule has 6 aromatic rings. The standard InChI is InChI=1S/C29H23N2O2.C15H28O2.Ir/c1-17-12-19-9-7-11-22(27(19)32-17)25-15-24-28(33-25)26(31-16-30-24)20-13-18-8-5-6-10-21(18)23(14-20)29(2,3)4;1-7-14(5,8-2)12(16)11-13(17)15(6,9-3)10-4;/h5-12,14-16H,1-4H3;11,16H,7-10H2,1-6H3;/q-1;;/b;12-11-;. The summed E-state index contributed by atoms with van der Waals surface area (Å²) in [4.78, 5) is 21.3. The second-order valence-corrected chi connectivity index (χ2v) is 14.9. The molecule has 6 rings (SSSR count). The van der Waals surface area contributed by atoms with E-state index < -0.39 is 0 Å². The summed E-state index contributed by atoms with van der Waals surface area (Å²) in [5, 5.41) is 13.5. The quantitative estimate of drug-likeness (QED) is 0.0885. The number of aliphatic hydroxyl groups excluding tert-OH is 1. The van der Waals surface area contributed by atoms with Gasteiger partial charge in [-0.3, -0.25) is 9.78 Å². The van der Waals surface area contributed by atoms with Crippen LogP contribution in [0.5, 0.6) is 0 Å². The SMILES string of the molecule is CCC(C)(CC)C(=O)/C=C(\O)C(C)(CC)CC.Cc1cc2cccc(-c3cc4ncnc(-c5[c-]c6ccccc6c(C(C)(C)C)c5)c4o3)c2o1.[Ir]. The first-order valence-electron chi connectivity index (χ1n) is 17.8. The van der Waals surface area contributed by atoms with Crippen LogP contribution in [0.2, 0.25) is 0 Å². The minimum Gasteiger partial charge on any atom is -0.512 e. The number of nitrogens with zero attached hydrogens (tertiary/aromatic N) is 2. The molecule has 3 aromatic heterocycles. The molecule has 0 spiro atoms. The molecule has 0 aliphatic rings. The number of carbonyl (C=O) groups is 1. The number of hydrogen-bond acceptors (Lipinski definition) is 6. The molecule has 51 heavy (non-hydrogen) atoms. The van der Waals surface area contributed by atoms with Crippen LogP contribution in [-0.4, -0.2) is 20.9 Å². The molecule has 0 fully saturated rings. The van der Waals surface area contributed by atoms with E-state index in [0.717, 1.165) is 70.1 Å². The minimum atomic E-state index is -0.337. The van der Waals surface area contributed by atoms with Crippen molar-refractivity contribution in [2.45, 2.75) is 100 Å². The number of fused-ring (bicyclic) bond motifs is 3. The topological polar surface area (TPSA) is 89.4 Å². The Labute approximate surface area is 316 Å². The smallest absolute Gasteiger partial charge is 0.164 e. The predicted octanol–water partition coefficient (Wildman–Crippen LogP) is 12.5. The number of aromatic nitrogens is 2. The Hall–Kier alpha value is -4.06. The Bertz CT molecular complexity index is 2170. The fourth-order valence-electron chi connectivity index (χ4n) is 6.23. The molecule has 0 saturated heterocycles. The zero-order chi connectivity index (χ0) is 36.4. The zero-order valence-electron chi connectivity index (χ0n) is 31.7. The molecule has 1 N–H and O–H groups in total. The van der Waals surface area contributed by atoms with Crippen LogP contribution in [0.3, 0.4) is 0 Å². The van der Waals surface area contributed by atoms with E-state index in [1.165, 1.54) is 17.0 Å². The van der Waals surface area contributed by atoms with Crippen molar-refractivity contribution in [3.05, 3.63) is 96.2 Å². The number of rotatable bonds is 9. The average molecular weight is 864 g/mol. The third-order valence-corrected chi connectivity index (χ3v) is 10.7. The van der Waals surface area contributed by atoms with Crippen molar-refractivity contribution in [1.82, 2.24) is 9.97 Å². The maximum Gasteiger partial charge on any atom is 0.164 e. The first-order chi connectivity index (χ1) is 23.7. The van der Waals surface area contributed by atoms with Crippen LogP contribution < -0.4 is 0 Å². The summed E-state index contributed by atoms with van der Waals surface area (Å²) in [6.45, 7) is 20.7. The minimum absolute atomic E-state index is 0. The summed E-state index contributed by atoms with van der Waals surface area (Å²) in [6.07, 6.45) is 6.35. The number of ketones is 1.